The Morgan fingerprint density at radius 2 is 1.78 bits per heavy atom. The van der Waals surface area contributed by atoms with Crippen LogP contribution < -0.4 is 0 Å². The highest BCUT2D eigenvalue weighted by atomic mass is 16.4. The van der Waals surface area contributed by atoms with Crippen LogP contribution in [0.4, 0.5) is 0 Å². The summed E-state index contributed by atoms with van der Waals surface area (Å²) in [5, 5.41) is 18.1. The van der Waals surface area contributed by atoms with Crippen LogP contribution in [0.15, 0.2) is 60.7 Å². The van der Waals surface area contributed by atoms with Crippen molar-refractivity contribution in [3.63, 3.8) is 0 Å². The summed E-state index contributed by atoms with van der Waals surface area (Å²) in [6.45, 7) is 4.47. The van der Waals surface area contributed by atoms with E-state index in [1.54, 1.807) is 0 Å². The lowest BCUT2D eigenvalue weighted by atomic mass is 9.70. The molecule has 0 spiro atoms. The number of nitriles is 1. The molecule has 2 aromatic carbocycles. The summed E-state index contributed by atoms with van der Waals surface area (Å²) in [5.41, 5.74) is 3.47. The van der Waals surface area contributed by atoms with Gasteiger partial charge < -0.3 is 5.11 Å². The zero-order valence-corrected chi connectivity index (χ0v) is 16.1. The van der Waals surface area contributed by atoms with E-state index in [1.807, 2.05) is 30.3 Å². The molecule has 3 heteroatoms. The Hall–Kier alpha value is -2.86. The molecule has 0 aliphatic carbocycles. The topological polar surface area (TPSA) is 61.1 Å². The number of carboxylic acid groups (broad SMARTS) is 1. The Morgan fingerprint density at radius 1 is 1.11 bits per heavy atom. The lowest BCUT2D eigenvalue weighted by molar-refractivity contribution is -0.131. The smallest absolute Gasteiger partial charge is 0.329 e. The predicted molar refractivity (Wildman–Crippen MR) is 109 cm³/mol. The number of hydrogen-bond acceptors (Lipinski definition) is 2. The molecule has 27 heavy (non-hydrogen) atoms. The number of rotatable bonds is 9. The van der Waals surface area contributed by atoms with Crippen LogP contribution in [-0.4, -0.2) is 11.1 Å². The van der Waals surface area contributed by atoms with Crippen molar-refractivity contribution in [2.75, 3.05) is 0 Å². The molecular weight excluding hydrogens is 334 g/mol. The van der Waals surface area contributed by atoms with Crippen LogP contribution in [0, 0.1) is 11.3 Å². The molecule has 1 unspecified atom stereocenters. The maximum atomic E-state index is 10.9. The zero-order chi connectivity index (χ0) is 19.7. The quantitative estimate of drug-likeness (QED) is 0.456. The van der Waals surface area contributed by atoms with Crippen LogP contribution in [0.1, 0.15) is 56.2 Å². The summed E-state index contributed by atoms with van der Waals surface area (Å²) in [6, 6.07) is 20.4. The number of carbonyl (C=O) groups is 1. The molecule has 3 nitrogen and oxygen atoms in total. The van der Waals surface area contributed by atoms with E-state index in [9.17, 15) is 10.1 Å². The molecule has 0 heterocycles. The van der Waals surface area contributed by atoms with Crippen LogP contribution >= 0.6 is 0 Å². The molecule has 2 rings (SSSR count). The van der Waals surface area contributed by atoms with Crippen LogP contribution in [0.2, 0.25) is 0 Å². The number of hydrogen-bond donors (Lipinski definition) is 1. The van der Waals surface area contributed by atoms with E-state index in [-0.39, 0.29) is 11.0 Å². The third-order valence-corrected chi connectivity index (χ3v) is 5.27. The lowest BCUT2D eigenvalue weighted by Crippen LogP contribution is -2.28. The monoisotopic (exact) mass is 361 g/mol. The van der Waals surface area contributed by atoms with Crippen LogP contribution in [0.3, 0.4) is 0 Å². The number of aliphatic carboxylic acids is 1. The molecule has 140 valence electrons. The average Bonchev–Trinajstić information content (AvgIpc) is 2.70. The fourth-order valence-electron chi connectivity index (χ4n) is 3.64. The summed E-state index contributed by atoms with van der Waals surface area (Å²) in [6.07, 6.45) is 6.42. The highest BCUT2D eigenvalue weighted by Crippen LogP contribution is 2.37. The second-order valence-corrected chi connectivity index (χ2v) is 6.99. The first-order chi connectivity index (χ1) is 13.0. The number of nitrogens with zero attached hydrogens (tertiary/aromatic N) is 1. The second kappa shape index (κ2) is 9.73. The third-order valence-electron chi connectivity index (χ3n) is 5.27. The second-order valence-electron chi connectivity index (χ2n) is 6.99. The van der Waals surface area contributed by atoms with Crippen molar-refractivity contribution in [3.8, 4) is 6.07 Å². The molecule has 0 aliphatic rings. The zero-order valence-electron chi connectivity index (χ0n) is 16.1. The van der Waals surface area contributed by atoms with Gasteiger partial charge in [0, 0.05) is 6.08 Å². The summed E-state index contributed by atoms with van der Waals surface area (Å²) in [5.74, 6) is -1.11. The van der Waals surface area contributed by atoms with E-state index in [0.717, 1.165) is 25.3 Å². The lowest BCUT2D eigenvalue weighted by Gasteiger charge is -2.34. The van der Waals surface area contributed by atoms with E-state index in [1.165, 1.54) is 24.0 Å². The van der Waals surface area contributed by atoms with E-state index in [0.29, 0.717) is 5.56 Å². The Morgan fingerprint density at radius 3 is 2.30 bits per heavy atom. The number of allylic oxidation sites excluding steroid dienone is 1. The van der Waals surface area contributed by atoms with Gasteiger partial charge in [-0.3, -0.25) is 0 Å². The molecule has 0 amide bonds. The summed E-state index contributed by atoms with van der Waals surface area (Å²) < 4.78 is 0. The first-order valence-corrected chi connectivity index (χ1v) is 9.54. The number of benzene rings is 2. The van der Waals surface area contributed by atoms with Crippen LogP contribution in [0.25, 0.3) is 5.57 Å². The molecule has 2 aromatic rings. The van der Waals surface area contributed by atoms with Crippen molar-refractivity contribution >= 4 is 11.5 Å². The summed E-state index contributed by atoms with van der Waals surface area (Å²) in [4.78, 5) is 10.9. The SMILES string of the molecule is CCCCC(CC)(Cc1ccc(C(C#N)=CC(=O)O)cc1)c1ccccc1. The van der Waals surface area contributed by atoms with Gasteiger partial charge in [0.2, 0.25) is 0 Å². The Kier molecular flexibility index (Phi) is 7.37. The van der Waals surface area contributed by atoms with Gasteiger partial charge in [-0.15, -0.1) is 0 Å². The van der Waals surface area contributed by atoms with Gasteiger partial charge in [-0.25, -0.2) is 4.79 Å². The maximum Gasteiger partial charge on any atom is 0.329 e. The molecule has 0 fully saturated rings. The van der Waals surface area contributed by atoms with Crippen molar-refractivity contribution in [2.45, 2.75) is 51.4 Å². The van der Waals surface area contributed by atoms with Crippen molar-refractivity contribution in [3.05, 3.63) is 77.4 Å². The molecule has 0 saturated heterocycles. The van der Waals surface area contributed by atoms with Gasteiger partial charge in [0.15, 0.2) is 0 Å². The van der Waals surface area contributed by atoms with Gasteiger partial charge in [-0.1, -0.05) is 81.3 Å². The average molecular weight is 361 g/mol. The summed E-state index contributed by atoms with van der Waals surface area (Å²) in [7, 11) is 0. The van der Waals surface area contributed by atoms with Gasteiger partial charge >= 0.3 is 5.97 Å². The standard InChI is InChI=1S/C24H27NO2/c1-3-5-15-24(4-2,22-9-7-6-8-10-22)17-19-11-13-20(14-12-19)21(18-25)16-23(26)27/h6-14,16H,3-5,15,17H2,1-2H3,(H,26,27). The predicted octanol–water partition coefficient (Wildman–Crippen LogP) is 5.76. The van der Waals surface area contributed by atoms with Gasteiger partial charge in [-0.05, 0) is 41.4 Å². The Balaban J connectivity index is 2.33. The summed E-state index contributed by atoms with van der Waals surface area (Å²) >= 11 is 0. The van der Waals surface area contributed by atoms with Crippen molar-refractivity contribution < 1.29 is 9.90 Å². The molecule has 0 aromatic heterocycles. The molecule has 0 saturated carbocycles. The van der Waals surface area contributed by atoms with E-state index < -0.39 is 5.97 Å². The van der Waals surface area contributed by atoms with E-state index >= 15 is 0 Å². The van der Waals surface area contributed by atoms with Gasteiger partial charge in [0.05, 0.1) is 5.57 Å². The molecule has 0 radical (unpaired) electrons. The van der Waals surface area contributed by atoms with Crippen molar-refractivity contribution in [2.24, 2.45) is 0 Å². The maximum absolute atomic E-state index is 10.9. The Bertz CT molecular complexity index is 816. The highest BCUT2D eigenvalue weighted by Gasteiger charge is 2.29. The minimum atomic E-state index is -1.11. The van der Waals surface area contributed by atoms with Crippen LogP contribution in [0.5, 0.6) is 0 Å². The molecule has 1 N–H and O–H groups in total. The van der Waals surface area contributed by atoms with E-state index in [4.69, 9.17) is 5.11 Å². The Labute approximate surface area is 162 Å². The van der Waals surface area contributed by atoms with Gasteiger partial charge in [0.25, 0.3) is 0 Å². The molecule has 0 bridgehead atoms. The molecule has 0 aliphatic heterocycles. The number of unbranched alkanes of at least 4 members (excludes halogenated alkanes) is 1. The van der Waals surface area contributed by atoms with Crippen molar-refractivity contribution in [1.29, 1.82) is 5.26 Å². The molecular formula is C24H27NO2. The van der Waals surface area contributed by atoms with Crippen LogP contribution in [-0.2, 0) is 16.6 Å². The van der Waals surface area contributed by atoms with Gasteiger partial charge in [0.1, 0.15) is 6.07 Å². The highest BCUT2D eigenvalue weighted by molar-refractivity contribution is 5.94. The fraction of sp³-hybridized carbons (Fsp3) is 0.333. The van der Waals surface area contributed by atoms with E-state index in [2.05, 4.69) is 44.2 Å². The number of carboxylic acids is 1. The fourth-order valence-corrected chi connectivity index (χ4v) is 3.64. The normalized spacial score (nSPS) is 13.6. The third kappa shape index (κ3) is 5.31. The molecule has 1 atom stereocenters. The largest absolute Gasteiger partial charge is 0.478 e. The van der Waals surface area contributed by atoms with Crippen molar-refractivity contribution in [1.82, 2.24) is 0 Å². The first-order valence-electron chi connectivity index (χ1n) is 9.54. The van der Waals surface area contributed by atoms with Gasteiger partial charge in [-0.2, -0.15) is 5.26 Å². The minimum absolute atomic E-state index is 0.0910. The minimum Gasteiger partial charge on any atom is -0.478 e. The first kappa shape index (κ1) is 20.5.